The molecular weight excluding hydrogens is 564 g/mol. The van der Waals surface area contributed by atoms with Crippen LogP contribution < -0.4 is 20.7 Å². The number of nitrogens with zero attached hydrogens (tertiary/aromatic N) is 1. The number of aliphatic hydroxyl groups excluding tert-OH is 1. The Morgan fingerprint density at radius 1 is 1.02 bits per heavy atom. The number of amides is 4. The van der Waals surface area contributed by atoms with E-state index in [-0.39, 0.29) is 18.2 Å². The molecule has 4 rings (SSSR count). The molecule has 43 heavy (non-hydrogen) atoms. The van der Waals surface area contributed by atoms with E-state index in [1.165, 1.54) is 16.7 Å². The van der Waals surface area contributed by atoms with Gasteiger partial charge in [0.2, 0.25) is 5.91 Å². The Hall–Kier alpha value is -4.02. The fourth-order valence-electron chi connectivity index (χ4n) is 5.13. The lowest BCUT2D eigenvalue weighted by Crippen LogP contribution is -2.59. The number of urea groups is 1. The highest BCUT2D eigenvalue weighted by Gasteiger charge is 2.49. The van der Waals surface area contributed by atoms with Crippen molar-refractivity contribution in [3.63, 3.8) is 0 Å². The second kappa shape index (κ2) is 14.4. The minimum Gasteiger partial charge on any atom is -0.492 e. The molecule has 1 saturated heterocycles. The standard InChI is InChI=1S/C33H40N4O5S/c1-5-42-27-18-12-11-17-25(27)35-32(41)36-26(19-23-14-7-6-8-15-23)28(38)31(40)37-21-43-33(3,4)29(37)30(39)34-20-24-16-10-9-13-22(24)2/h6-18,26,28-29,38H,5,19-21H2,1-4H3,(H,34,39)(H2,35,36,41)/t26-,28-,29+/m0/s1. The molecule has 0 aliphatic carbocycles. The summed E-state index contributed by atoms with van der Waals surface area (Å²) < 4.78 is 5.02. The lowest BCUT2D eigenvalue weighted by molar-refractivity contribution is -0.147. The Morgan fingerprint density at radius 3 is 2.42 bits per heavy atom. The van der Waals surface area contributed by atoms with E-state index in [2.05, 4.69) is 16.0 Å². The first kappa shape index (κ1) is 31.9. The average Bonchev–Trinajstić information content (AvgIpc) is 3.32. The van der Waals surface area contributed by atoms with Gasteiger partial charge in [-0.1, -0.05) is 66.7 Å². The van der Waals surface area contributed by atoms with Crippen LogP contribution in [0.15, 0.2) is 78.9 Å². The van der Waals surface area contributed by atoms with Gasteiger partial charge in [-0.2, -0.15) is 0 Å². The molecule has 0 unspecified atom stereocenters. The van der Waals surface area contributed by atoms with Crippen molar-refractivity contribution < 1.29 is 24.2 Å². The molecular formula is C33H40N4O5S. The van der Waals surface area contributed by atoms with Gasteiger partial charge in [-0.15, -0.1) is 11.8 Å². The topological polar surface area (TPSA) is 120 Å². The third-order valence-corrected chi connectivity index (χ3v) is 8.85. The van der Waals surface area contributed by atoms with Crippen LogP contribution in [0.4, 0.5) is 10.5 Å². The predicted molar refractivity (Wildman–Crippen MR) is 170 cm³/mol. The number of anilines is 1. The number of nitrogens with one attached hydrogen (secondary N) is 3. The molecule has 1 fully saturated rings. The largest absolute Gasteiger partial charge is 0.492 e. The molecule has 0 bridgehead atoms. The van der Waals surface area contributed by atoms with Crippen LogP contribution >= 0.6 is 11.8 Å². The summed E-state index contributed by atoms with van der Waals surface area (Å²) in [7, 11) is 0. The highest BCUT2D eigenvalue weighted by molar-refractivity contribution is 8.00. The fourth-order valence-corrected chi connectivity index (χ4v) is 6.27. The van der Waals surface area contributed by atoms with Crippen LogP contribution in [0, 0.1) is 6.92 Å². The maximum absolute atomic E-state index is 13.9. The van der Waals surface area contributed by atoms with E-state index in [0.29, 0.717) is 24.6 Å². The maximum atomic E-state index is 13.9. The lowest BCUT2D eigenvalue weighted by Gasteiger charge is -2.33. The fraction of sp³-hybridized carbons (Fsp3) is 0.364. The molecule has 1 aliphatic rings. The van der Waals surface area contributed by atoms with E-state index in [4.69, 9.17) is 4.74 Å². The molecule has 0 radical (unpaired) electrons. The molecule has 1 aliphatic heterocycles. The Kier molecular flexibility index (Phi) is 10.7. The second-order valence-corrected chi connectivity index (χ2v) is 12.6. The van der Waals surface area contributed by atoms with E-state index in [1.54, 1.807) is 24.3 Å². The Labute approximate surface area is 257 Å². The Balaban J connectivity index is 1.52. The molecule has 3 atom stereocenters. The van der Waals surface area contributed by atoms with Crippen LogP contribution in [0.5, 0.6) is 5.75 Å². The summed E-state index contributed by atoms with van der Waals surface area (Å²) in [5.74, 6) is -0.175. The summed E-state index contributed by atoms with van der Waals surface area (Å²) in [6, 6.07) is 21.8. The van der Waals surface area contributed by atoms with Crippen LogP contribution in [0.3, 0.4) is 0 Å². The first-order chi connectivity index (χ1) is 20.6. The van der Waals surface area contributed by atoms with Gasteiger partial charge in [0, 0.05) is 11.3 Å². The minimum atomic E-state index is -1.60. The van der Waals surface area contributed by atoms with Gasteiger partial charge in [0.15, 0.2) is 6.10 Å². The summed E-state index contributed by atoms with van der Waals surface area (Å²) in [6.45, 7) is 8.41. The van der Waals surface area contributed by atoms with Gasteiger partial charge in [0.05, 0.1) is 24.2 Å². The van der Waals surface area contributed by atoms with E-state index in [9.17, 15) is 19.5 Å². The summed E-state index contributed by atoms with van der Waals surface area (Å²) >= 11 is 1.47. The smallest absolute Gasteiger partial charge is 0.319 e. The molecule has 3 aromatic carbocycles. The number of thioether (sulfide) groups is 1. The van der Waals surface area contributed by atoms with Crippen molar-refractivity contribution in [1.29, 1.82) is 0 Å². The zero-order chi connectivity index (χ0) is 31.0. The van der Waals surface area contributed by atoms with Gasteiger partial charge in [-0.25, -0.2) is 4.79 Å². The summed E-state index contributed by atoms with van der Waals surface area (Å²) in [5, 5.41) is 20.0. The predicted octanol–water partition coefficient (Wildman–Crippen LogP) is 4.48. The second-order valence-electron chi connectivity index (χ2n) is 11.0. The molecule has 0 saturated carbocycles. The highest BCUT2D eigenvalue weighted by atomic mass is 32.2. The number of para-hydroxylation sites is 2. The minimum absolute atomic E-state index is 0.197. The number of hydrogen-bond donors (Lipinski definition) is 4. The monoisotopic (exact) mass is 604 g/mol. The first-order valence-corrected chi connectivity index (χ1v) is 15.4. The summed E-state index contributed by atoms with van der Waals surface area (Å²) in [5.41, 5.74) is 3.34. The molecule has 4 N–H and O–H groups in total. The number of aliphatic hydroxyl groups is 1. The lowest BCUT2D eigenvalue weighted by atomic mass is 9.97. The third kappa shape index (κ3) is 8.09. The van der Waals surface area contributed by atoms with E-state index in [0.717, 1.165) is 16.7 Å². The molecule has 3 aromatic rings. The number of hydrogen-bond acceptors (Lipinski definition) is 6. The van der Waals surface area contributed by atoms with Gasteiger partial charge in [0.1, 0.15) is 11.8 Å². The molecule has 4 amide bonds. The summed E-state index contributed by atoms with van der Waals surface area (Å²) in [4.78, 5) is 42.0. The first-order valence-electron chi connectivity index (χ1n) is 14.4. The molecule has 0 aromatic heterocycles. The maximum Gasteiger partial charge on any atom is 0.319 e. The van der Waals surface area contributed by atoms with Crippen LogP contribution in [0.25, 0.3) is 0 Å². The van der Waals surface area contributed by atoms with Crippen molar-refractivity contribution in [3.8, 4) is 5.75 Å². The van der Waals surface area contributed by atoms with Crippen molar-refractivity contribution >= 4 is 35.3 Å². The molecule has 1 heterocycles. The van der Waals surface area contributed by atoms with Crippen molar-refractivity contribution in [2.24, 2.45) is 0 Å². The van der Waals surface area contributed by atoms with Crippen LogP contribution in [0.1, 0.15) is 37.5 Å². The van der Waals surface area contributed by atoms with E-state index in [1.807, 2.05) is 82.3 Å². The van der Waals surface area contributed by atoms with Gasteiger partial charge >= 0.3 is 6.03 Å². The zero-order valence-electron chi connectivity index (χ0n) is 25.0. The normalized spacial score (nSPS) is 17.0. The molecule has 0 spiro atoms. The van der Waals surface area contributed by atoms with Gasteiger partial charge in [-0.05, 0) is 62.9 Å². The Morgan fingerprint density at radius 2 is 1.70 bits per heavy atom. The van der Waals surface area contributed by atoms with E-state index >= 15 is 0 Å². The summed E-state index contributed by atoms with van der Waals surface area (Å²) in [6.07, 6.45) is -1.41. The van der Waals surface area contributed by atoms with Crippen molar-refractivity contribution in [2.45, 2.75) is 63.6 Å². The van der Waals surface area contributed by atoms with Gasteiger partial charge in [0.25, 0.3) is 5.91 Å². The SMILES string of the molecule is CCOc1ccccc1NC(=O)N[C@@H](Cc1ccccc1)[C@H](O)C(=O)N1CSC(C)(C)[C@H]1C(=O)NCc1ccccc1C. The Bertz CT molecular complexity index is 1420. The molecule has 10 heteroatoms. The number of rotatable bonds is 11. The number of carbonyl (C=O) groups excluding carboxylic acids is 3. The zero-order valence-corrected chi connectivity index (χ0v) is 25.8. The number of carbonyl (C=O) groups is 3. The van der Waals surface area contributed by atoms with Gasteiger partial charge in [-0.3, -0.25) is 9.59 Å². The quantitative estimate of drug-likeness (QED) is 0.256. The molecule has 228 valence electrons. The third-order valence-electron chi connectivity index (χ3n) is 7.48. The highest BCUT2D eigenvalue weighted by Crippen LogP contribution is 2.40. The average molecular weight is 605 g/mol. The van der Waals surface area contributed by atoms with Gasteiger partial charge < -0.3 is 30.7 Å². The molecule has 9 nitrogen and oxygen atoms in total. The number of benzene rings is 3. The van der Waals surface area contributed by atoms with Crippen molar-refractivity contribution in [1.82, 2.24) is 15.5 Å². The van der Waals surface area contributed by atoms with E-state index < -0.39 is 34.9 Å². The van der Waals surface area contributed by atoms with Crippen LogP contribution in [-0.2, 0) is 22.6 Å². The number of ether oxygens (including phenoxy) is 1. The van der Waals surface area contributed by atoms with Crippen molar-refractivity contribution in [3.05, 3.63) is 95.6 Å². The number of aryl methyl sites for hydroxylation is 1. The van der Waals surface area contributed by atoms with Crippen LogP contribution in [-0.4, -0.2) is 63.3 Å². The van der Waals surface area contributed by atoms with Crippen molar-refractivity contribution in [2.75, 3.05) is 17.8 Å². The van der Waals surface area contributed by atoms with Crippen LogP contribution in [0.2, 0.25) is 0 Å².